The Morgan fingerprint density at radius 3 is 2.60 bits per heavy atom. The van der Waals surface area contributed by atoms with E-state index in [0.717, 1.165) is 37.3 Å². The number of imidazole rings is 1. The van der Waals surface area contributed by atoms with E-state index in [9.17, 15) is 4.79 Å². The number of carbonyl (C=O) groups is 1. The number of hydrogen-bond acceptors (Lipinski definition) is 2. The molecule has 1 aromatic heterocycles. The highest BCUT2D eigenvalue weighted by molar-refractivity contribution is 5.80. The van der Waals surface area contributed by atoms with Crippen LogP contribution in [0.5, 0.6) is 0 Å². The Morgan fingerprint density at radius 2 is 1.84 bits per heavy atom. The average Bonchev–Trinajstić information content (AvgIpc) is 3.16. The molecule has 3 aromatic rings. The summed E-state index contributed by atoms with van der Waals surface area (Å²) in [7, 11) is 1.88. The minimum Gasteiger partial charge on any atom is -0.345 e. The van der Waals surface area contributed by atoms with E-state index in [1.54, 1.807) is 0 Å². The Balaban J connectivity index is 1.60. The van der Waals surface area contributed by atoms with Crippen LogP contribution in [-0.2, 0) is 17.8 Å². The fourth-order valence-electron chi connectivity index (χ4n) is 3.76. The maximum atomic E-state index is 12.0. The van der Waals surface area contributed by atoms with Gasteiger partial charge in [0.2, 0.25) is 5.91 Å². The van der Waals surface area contributed by atoms with Crippen LogP contribution in [0, 0.1) is 0 Å². The number of para-hydroxylation sites is 2. The first-order chi connectivity index (χ1) is 12.2. The molecule has 1 aliphatic heterocycles. The quantitative estimate of drug-likeness (QED) is 0.715. The van der Waals surface area contributed by atoms with Crippen molar-refractivity contribution in [2.45, 2.75) is 31.7 Å². The molecule has 2 aromatic carbocycles. The van der Waals surface area contributed by atoms with Gasteiger partial charge in [0.1, 0.15) is 5.82 Å². The lowest BCUT2D eigenvalue weighted by molar-refractivity contribution is -0.126. The van der Waals surface area contributed by atoms with Crippen LogP contribution in [-0.4, -0.2) is 34.0 Å². The third-order valence-electron chi connectivity index (χ3n) is 5.08. The Kier molecular flexibility index (Phi) is 4.26. The highest BCUT2D eigenvalue weighted by atomic mass is 16.2. The van der Waals surface area contributed by atoms with Gasteiger partial charge >= 0.3 is 0 Å². The van der Waals surface area contributed by atoms with Crippen molar-refractivity contribution in [3.05, 3.63) is 66.0 Å². The first-order valence-corrected chi connectivity index (χ1v) is 8.95. The minimum absolute atomic E-state index is 0.196. The number of aryl methyl sites for hydroxylation is 2. The van der Waals surface area contributed by atoms with Gasteiger partial charge in [0.15, 0.2) is 0 Å². The zero-order chi connectivity index (χ0) is 17.2. The van der Waals surface area contributed by atoms with E-state index < -0.39 is 0 Å². The predicted molar refractivity (Wildman–Crippen MR) is 99.5 cm³/mol. The summed E-state index contributed by atoms with van der Waals surface area (Å²) in [5, 5.41) is 0. The molecule has 128 valence electrons. The van der Waals surface area contributed by atoms with E-state index in [2.05, 4.69) is 53.1 Å². The molecule has 0 unspecified atom stereocenters. The average molecular weight is 333 g/mol. The molecule has 2 heterocycles. The van der Waals surface area contributed by atoms with Crippen LogP contribution in [0.4, 0.5) is 0 Å². The number of nitrogens with zero attached hydrogens (tertiary/aromatic N) is 3. The van der Waals surface area contributed by atoms with Gasteiger partial charge in [-0.2, -0.15) is 0 Å². The maximum absolute atomic E-state index is 12.0. The molecule has 1 saturated heterocycles. The van der Waals surface area contributed by atoms with Crippen molar-refractivity contribution in [1.82, 2.24) is 14.5 Å². The summed E-state index contributed by atoms with van der Waals surface area (Å²) in [5.74, 6) is 1.47. The smallest absolute Gasteiger partial charge is 0.223 e. The van der Waals surface area contributed by atoms with Crippen LogP contribution in [0.2, 0.25) is 0 Å². The lowest BCUT2D eigenvalue weighted by atomic mass is 10.1. The third-order valence-corrected chi connectivity index (χ3v) is 5.08. The molecule has 4 rings (SSSR count). The van der Waals surface area contributed by atoms with Crippen molar-refractivity contribution in [2.75, 3.05) is 13.6 Å². The lowest BCUT2D eigenvalue weighted by Crippen LogP contribution is -2.19. The number of hydrogen-bond donors (Lipinski definition) is 0. The number of rotatable bonds is 5. The molecule has 0 N–H and O–H groups in total. The lowest BCUT2D eigenvalue weighted by Gasteiger charge is -2.14. The van der Waals surface area contributed by atoms with E-state index in [1.807, 2.05) is 18.0 Å². The molecule has 4 heteroatoms. The van der Waals surface area contributed by atoms with Gasteiger partial charge in [0, 0.05) is 32.5 Å². The molecule has 25 heavy (non-hydrogen) atoms. The highest BCUT2D eigenvalue weighted by Gasteiger charge is 2.31. The molecule has 4 nitrogen and oxygen atoms in total. The molecular weight excluding hydrogens is 310 g/mol. The molecular formula is C21H23N3O. The second-order valence-corrected chi connectivity index (χ2v) is 6.87. The molecule has 1 aliphatic rings. The van der Waals surface area contributed by atoms with Crippen LogP contribution in [0.1, 0.15) is 30.1 Å². The number of benzene rings is 2. The molecule has 0 spiro atoms. The summed E-state index contributed by atoms with van der Waals surface area (Å²) in [6.07, 6.45) is 2.68. The van der Waals surface area contributed by atoms with E-state index in [1.165, 1.54) is 11.1 Å². The number of fused-ring (bicyclic) bond motifs is 1. The van der Waals surface area contributed by atoms with Gasteiger partial charge in [-0.25, -0.2) is 4.98 Å². The van der Waals surface area contributed by atoms with Crippen molar-refractivity contribution in [3.8, 4) is 0 Å². The molecule has 1 fully saturated rings. The molecule has 0 saturated carbocycles. The molecule has 0 radical (unpaired) electrons. The van der Waals surface area contributed by atoms with Crippen LogP contribution >= 0.6 is 0 Å². The minimum atomic E-state index is 0.196. The SMILES string of the molecule is CN1C[C@@H](c2nc3ccccc3n2CCCc2ccccc2)CC1=O. The fourth-order valence-corrected chi connectivity index (χ4v) is 3.76. The van der Waals surface area contributed by atoms with E-state index >= 15 is 0 Å². The number of likely N-dealkylation sites (N-methyl/N-ethyl adjacent to an activating group) is 1. The Labute approximate surface area is 148 Å². The maximum Gasteiger partial charge on any atom is 0.223 e. The number of amides is 1. The molecule has 1 amide bonds. The molecule has 0 bridgehead atoms. The van der Waals surface area contributed by atoms with Crippen LogP contribution in [0.15, 0.2) is 54.6 Å². The normalized spacial score (nSPS) is 17.6. The van der Waals surface area contributed by atoms with Gasteiger partial charge in [-0.1, -0.05) is 42.5 Å². The zero-order valence-corrected chi connectivity index (χ0v) is 14.6. The number of likely N-dealkylation sites (tertiary alicyclic amines) is 1. The second-order valence-electron chi connectivity index (χ2n) is 6.87. The number of aromatic nitrogens is 2. The van der Waals surface area contributed by atoms with E-state index in [0.29, 0.717) is 6.42 Å². The van der Waals surface area contributed by atoms with Crippen LogP contribution in [0.25, 0.3) is 11.0 Å². The summed E-state index contributed by atoms with van der Waals surface area (Å²) in [6.45, 7) is 1.69. The standard InChI is InChI=1S/C21H23N3O/c1-23-15-17(14-20(23)25)21-22-18-11-5-6-12-19(18)24(21)13-7-10-16-8-3-2-4-9-16/h2-6,8-9,11-12,17H,7,10,13-15H2,1H3/t17-/m0/s1. The van der Waals surface area contributed by atoms with Gasteiger partial charge in [-0.05, 0) is 30.5 Å². The van der Waals surface area contributed by atoms with Gasteiger partial charge in [0.25, 0.3) is 0 Å². The summed E-state index contributed by atoms with van der Waals surface area (Å²) < 4.78 is 2.33. The number of carbonyl (C=O) groups excluding carboxylic acids is 1. The predicted octanol–water partition coefficient (Wildman–Crippen LogP) is 3.61. The van der Waals surface area contributed by atoms with Crippen molar-refractivity contribution >= 4 is 16.9 Å². The van der Waals surface area contributed by atoms with Gasteiger partial charge in [-0.3, -0.25) is 4.79 Å². The largest absolute Gasteiger partial charge is 0.345 e. The summed E-state index contributed by atoms with van der Waals surface area (Å²) >= 11 is 0. The second kappa shape index (κ2) is 6.71. The first kappa shape index (κ1) is 15.9. The first-order valence-electron chi connectivity index (χ1n) is 8.95. The molecule has 1 atom stereocenters. The van der Waals surface area contributed by atoms with Crippen molar-refractivity contribution in [2.24, 2.45) is 0 Å². The van der Waals surface area contributed by atoms with Crippen LogP contribution in [0.3, 0.4) is 0 Å². The van der Waals surface area contributed by atoms with Gasteiger partial charge < -0.3 is 9.47 Å². The van der Waals surface area contributed by atoms with Gasteiger partial charge in [0.05, 0.1) is 11.0 Å². The zero-order valence-electron chi connectivity index (χ0n) is 14.6. The van der Waals surface area contributed by atoms with Crippen molar-refractivity contribution in [3.63, 3.8) is 0 Å². The molecule has 0 aliphatic carbocycles. The Morgan fingerprint density at radius 1 is 1.08 bits per heavy atom. The summed E-state index contributed by atoms with van der Waals surface area (Å²) in [5.41, 5.74) is 3.57. The summed E-state index contributed by atoms with van der Waals surface area (Å²) in [6, 6.07) is 18.9. The Bertz CT molecular complexity index is 885. The third kappa shape index (κ3) is 3.16. The van der Waals surface area contributed by atoms with E-state index in [4.69, 9.17) is 4.98 Å². The Hall–Kier alpha value is -2.62. The topological polar surface area (TPSA) is 38.1 Å². The fraction of sp³-hybridized carbons (Fsp3) is 0.333. The summed E-state index contributed by atoms with van der Waals surface area (Å²) in [4.78, 5) is 18.7. The highest BCUT2D eigenvalue weighted by Crippen LogP contribution is 2.30. The van der Waals surface area contributed by atoms with E-state index in [-0.39, 0.29) is 11.8 Å². The van der Waals surface area contributed by atoms with Gasteiger partial charge in [-0.15, -0.1) is 0 Å². The van der Waals surface area contributed by atoms with Crippen molar-refractivity contribution < 1.29 is 4.79 Å². The van der Waals surface area contributed by atoms with Crippen molar-refractivity contribution in [1.29, 1.82) is 0 Å². The monoisotopic (exact) mass is 333 g/mol. The van der Waals surface area contributed by atoms with Crippen LogP contribution < -0.4 is 0 Å².